The highest BCUT2D eigenvalue weighted by Crippen LogP contribution is 2.53. The maximum Gasteiger partial charge on any atom is 0.0540 e. The average molecular weight is 771 g/mol. The molecule has 0 amide bonds. The minimum Gasteiger partial charge on any atom is -0.310 e. The van der Waals surface area contributed by atoms with Crippen LogP contribution < -0.4 is 9.80 Å². The number of hydrogen-bond donors (Lipinski definition) is 0. The quantitative estimate of drug-likeness (QED) is 0.137. The Labute approximate surface area is 354 Å². The Hall–Kier alpha value is -7.42. The number of nitrogens with zero attached hydrogens (tertiary/aromatic N) is 2. The Morgan fingerprint density at radius 3 is 1.25 bits per heavy atom. The first kappa shape index (κ1) is 36.9. The van der Waals surface area contributed by atoms with E-state index in [0.29, 0.717) is 0 Å². The van der Waals surface area contributed by atoms with Crippen LogP contribution in [0.25, 0.3) is 44.5 Å². The van der Waals surface area contributed by atoms with Gasteiger partial charge >= 0.3 is 0 Å². The first-order chi connectivity index (χ1) is 29.6. The zero-order chi connectivity index (χ0) is 40.5. The van der Waals surface area contributed by atoms with E-state index >= 15 is 0 Å². The first-order valence-corrected chi connectivity index (χ1v) is 21.0. The standard InChI is InChI=1S/C58H46N2/c1-3-58(2)54-28-16-13-27-52(54)53-40-39-49(41-55(53)58)60(47-23-11-6-12-24-47)57-30-18-15-26-51(57)45-33-31-44(32-34-45)50-25-14-17-29-56(50)59(46-21-9-5-10-22-46)48-37-35-43(36-38-48)42-19-7-4-8-20-42/h4-41H,3H2,1-2H3. The van der Waals surface area contributed by atoms with Crippen molar-refractivity contribution in [3.05, 3.63) is 242 Å². The van der Waals surface area contributed by atoms with E-state index in [1.165, 1.54) is 38.9 Å². The van der Waals surface area contributed by atoms with E-state index in [1.807, 2.05) is 0 Å². The lowest BCUT2D eigenvalue weighted by Gasteiger charge is -2.30. The fourth-order valence-electron chi connectivity index (χ4n) is 9.18. The van der Waals surface area contributed by atoms with Crippen molar-refractivity contribution < 1.29 is 0 Å². The van der Waals surface area contributed by atoms with E-state index in [4.69, 9.17) is 0 Å². The smallest absolute Gasteiger partial charge is 0.0540 e. The maximum absolute atomic E-state index is 2.44. The molecular formula is C58H46N2. The molecular weight excluding hydrogens is 725 g/mol. The minimum absolute atomic E-state index is 0.0579. The number of benzene rings is 9. The Balaban J connectivity index is 1.04. The predicted molar refractivity (Wildman–Crippen MR) is 254 cm³/mol. The first-order valence-electron chi connectivity index (χ1n) is 21.0. The highest BCUT2D eigenvalue weighted by Gasteiger charge is 2.38. The second-order valence-corrected chi connectivity index (χ2v) is 15.8. The summed E-state index contributed by atoms with van der Waals surface area (Å²) >= 11 is 0. The maximum atomic E-state index is 2.44. The molecule has 0 bridgehead atoms. The van der Waals surface area contributed by atoms with Crippen molar-refractivity contribution in [3.63, 3.8) is 0 Å². The van der Waals surface area contributed by atoms with Crippen LogP contribution >= 0.6 is 0 Å². The van der Waals surface area contributed by atoms with E-state index in [9.17, 15) is 0 Å². The van der Waals surface area contributed by atoms with Crippen LogP contribution in [0.2, 0.25) is 0 Å². The van der Waals surface area contributed by atoms with Crippen molar-refractivity contribution in [2.45, 2.75) is 25.7 Å². The third-order valence-electron chi connectivity index (χ3n) is 12.4. The number of rotatable bonds is 10. The lowest BCUT2D eigenvalue weighted by Crippen LogP contribution is -2.20. The van der Waals surface area contributed by atoms with Crippen LogP contribution in [-0.4, -0.2) is 0 Å². The van der Waals surface area contributed by atoms with Crippen molar-refractivity contribution in [3.8, 4) is 44.5 Å². The summed E-state index contributed by atoms with van der Waals surface area (Å²) in [5.41, 5.74) is 19.3. The molecule has 9 aromatic carbocycles. The van der Waals surface area contributed by atoms with E-state index in [0.717, 1.165) is 57.2 Å². The number of anilines is 6. The fourth-order valence-corrected chi connectivity index (χ4v) is 9.18. The molecule has 0 spiro atoms. The molecule has 0 radical (unpaired) electrons. The van der Waals surface area contributed by atoms with Crippen LogP contribution in [-0.2, 0) is 5.41 Å². The van der Waals surface area contributed by atoms with Gasteiger partial charge in [-0.05, 0) is 112 Å². The van der Waals surface area contributed by atoms with E-state index in [-0.39, 0.29) is 5.41 Å². The molecule has 1 unspecified atom stereocenters. The molecule has 1 aliphatic carbocycles. The Morgan fingerprint density at radius 1 is 0.317 bits per heavy atom. The van der Waals surface area contributed by atoms with Crippen molar-refractivity contribution in [1.82, 2.24) is 0 Å². The molecule has 60 heavy (non-hydrogen) atoms. The third-order valence-corrected chi connectivity index (χ3v) is 12.4. The molecule has 0 aromatic heterocycles. The Kier molecular flexibility index (Phi) is 9.67. The minimum atomic E-state index is -0.0579. The van der Waals surface area contributed by atoms with Gasteiger partial charge in [0.15, 0.2) is 0 Å². The molecule has 9 aromatic rings. The topological polar surface area (TPSA) is 6.48 Å². The van der Waals surface area contributed by atoms with Gasteiger partial charge in [-0.15, -0.1) is 0 Å². The van der Waals surface area contributed by atoms with Crippen LogP contribution in [0.1, 0.15) is 31.4 Å². The van der Waals surface area contributed by atoms with Gasteiger partial charge in [-0.1, -0.05) is 184 Å². The van der Waals surface area contributed by atoms with Gasteiger partial charge in [-0.25, -0.2) is 0 Å². The summed E-state index contributed by atoms with van der Waals surface area (Å²) in [7, 11) is 0. The van der Waals surface area contributed by atoms with Gasteiger partial charge in [-0.3, -0.25) is 0 Å². The third kappa shape index (κ3) is 6.57. The lowest BCUT2D eigenvalue weighted by atomic mass is 9.78. The SMILES string of the molecule is CCC1(C)c2ccccc2-c2ccc(N(c3ccccc3)c3ccccc3-c3ccc(-c4ccccc4N(c4ccccc4)c4ccc(-c5ccccc5)cc4)cc3)cc21. The zero-order valence-corrected chi connectivity index (χ0v) is 34.0. The van der Waals surface area contributed by atoms with Gasteiger partial charge in [0, 0.05) is 39.3 Å². The Bertz CT molecular complexity index is 2900. The molecule has 0 saturated heterocycles. The molecule has 10 rings (SSSR count). The molecule has 0 fully saturated rings. The summed E-state index contributed by atoms with van der Waals surface area (Å²) in [5, 5.41) is 0. The zero-order valence-electron chi connectivity index (χ0n) is 34.0. The van der Waals surface area contributed by atoms with Crippen LogP contribution in [0.5, 0.6) is 0 Å². The summed E-state index contributed by atoms with van der Waals surface area (Å²) < 4.78 is 0. The van der Waals surface area contributed by atoms with Crippen molar-refractivity contribution in [2.24, 2.45) is 0 Å². The van der Waals surface area contributed by atoms with Crippen molar-refractivity contribution in [1.29, 1.82) is 0 Å². The molecule has 0 heterocycles. The lowest BCUT2D eigenvalue weighted by molar-refractivity contribution is 0.564. The van der Waals surface area contributed by atoms with Crippen LogP contribution in [0.4, 0.5) is 34.1 Å². The number of hydrogen-bond acceptors (Lipinski definition) is 2. The van der Waals surface area contributed by atoms with Crippen molar-refractivity contribution in [2.75, 3.05) is 9.80 Å². The fraction of sp³-hybridized carbons (Fsp3) is 0.0690. The van der Waals surface area contributed by atoms with Gasteiger partial charge < -0.3 is 9.80 Å². The summed E-state index contributed by atoms with van der Waals surface area (Å²) in [6.07, 6.45) is 1.03. The average Bonchev–Trinajstić information content (AvgIpc) is 3.58. The normalized spacial score (nSPS) is 14.0. The molecule has 288 valence electrons. The Morgan fingerprint density at radius 2 is 0.700 bits per heavy atom. The highest BCUT2D eigenvalue weighted by molar-refractivity contribution is 5.92. The number of fused-ring (bicyclic) bond motifs is 3. The van der Waals surface area contributed by atoms with E-state index in [2.05, 4.69) is 254 Å². The summed E-state index contributed by atoms with van der Waals surface area (Å²) in [6.45, 7) is 4.72. The van der Waals surface area contributed by atoms with E-state index in [1.54, 1.807) is 0 Å². The van der Waals surface area contributed by atoms with Crippen molar-refractivity contribution >= 4 is 34.1 Å². The number of para-hydroxylation sites is 4. The summed E-state index contributed by atoms with van der Waals surface area (Å²) in [4.78, 5) is 4.79. The summed E-state index contributed by atoms with van der Waals surface area (Å²) in [6, 6.07) is 83.6. The molecule has 0 N–H and O–H groups in total. The predicted octanol–water partition coefficient (Wildman–Crippen LogP) is 16.3. The highest BCUT2D eigenvalue weighted by atomic mass is 15.1. The van der Waals surface area contributed by atoms with Gasteiger partial charge in [0.05, 0.1) is 11.4 Å². The van der Waals surface area contributed by atoms with Gasteiger partial charge in [0.25, 0.3) is 0 Å². The van der Waals surface area contributed by atoms with Gasteiger partial charge in [0.1, 0.15) is 0 Å². The van der Waals surface area contributed by atoms with Crippen LogP contribution in [0.3, 0.4) is 0 Å². The second-order valence-electron chi connectivity index (χ2n) is 15.8. The summed E-state index contributed by atoms with van der Waals surface area (Å²) in [5.74, 6) is 0. The largest absolute Gasteiger partial charge is 0.310 e. The van der Waals surface area contributed by atoms with Crippen LogP contribution in [0, 0.1) is 0 Å². The van der Waals surface area contributed by atoms with Gasteiger partial charge in [-0.2, -0.15) is 0 Å². The molecule has 0 saturated carbocycles. The van der Waals surface area contributed by atoms with E-state index < -0.39 is 0 Å². The van der Waals surface area contributed by atoms with Gasteiger partial charge in [0.2, 0.25) is 0 Å². The molecule has 1 aliphatic rings. The molecule has 2 nitrogen and oxygen atoms in total. The second kappa shape index (κ2) is 15.7. The molecule has 1 atom stereocenters. The molecule has 0 aliphatic heterocycles. The molecule has 2 heteroatoms. The monoisotopic (exact) mass is 770 g/mol. The van der Waals surface area contributed by atoms with Crippen LogP contribution in [0.15, 0.2) is 231 Å².